The molecule has 194 valence electrons. The van der Waals surface area contributed by atoms with Gasteiger partial charge in [0.25, 0.3) is 0 Å². The van der Waals surface area contributed by atoms with Crippen molar-refractivity contribution in [2.45, 2.75) is 64.5 Å². The zero-order valence-corrected chi connectivity index (χ0v) is 22.6. The van der Waals surface area contributed by atoms with Crippen molar-refractivity contribution in [3.05, 3.63) is 52.8 Å². The van der Waals surface area contributed by atoms with E-state index in [9.17, 15) is 18.0 Å². The molecule has 2 aliphatic rings. The van der Waals surface area contributed by atoms with Gasteiger partial charge in [-0.1, -0.05) is 46.8 Å². The third-order valence-corrected chi connectivity index (χ3v) is 9.13. The molecule has 0 saturated carbocycles. The first-order valence-electron chi connectivity index (χ1n) is 12.5. The molecule has 2 amide bonds. The Balaban J connectivity index is 1.53. The molecular formula is C27H35N3O5S. The number of hydrogen-bond acceptors (Lipinski definition) is 6. The maximum Gasteiger partial charge on any atom is 0.317 e. The van der Waals surface area contributed by atoms with Crippen LogP contribution < -0.4 is 10.1 Å². The number of aromatic nitrogens is 1. The molecule has 2 aromatic rings. The van der Waals surface area contributed by atoms with E-state index in [0.29, 0.717) is 23.6 Å². The number of nitrogens with one attached hydrogen (secondary N) is 1. The summed E-state index contributed by atoms with van der Waals surface area (Å²) in [6.07, 6.45) is 1.32. The van der Waals surface area contributed by atoms with Crippen LogP contribution in [-0.4, -0.2) is 54.6 Å². The molecule has 1 N–H and O–H groups in total. The van der Waals surface area contributed by atoms with Crippen molar-refractivity contribution in [2.24, 2.45) is 11.8 Å². The van der Waals surface area contributed by atoms with E-state index >= 15 is 0 Å². The van der Waals surface area contributed by atoms with E-state index in [2.05, 4.69) is 38.0 Å². The number of carbonyl (C=O) groups excluding carboxylic acids is 2. The second-order valence-electron chi connectivity index (χ2n) is 10.4. The highest BCUT2D eigenvalue weighted by Gasteiger charge is 2.60. The Morgan fingerprint density at radius 3 is 2.53 bits per heavy atom. The summed E-state index contributed by atoms with van der Waals surface area (Å²) < 4.78 is 30.6. The quantitative estimate of drug-likeness (QED) is 0.623. The Morgan fingerprint density at radius 2 is 1.94 bits per heavy atom. The largest absolute Gasteiger partial charge is 0.476 e. The Morgan fingerprint density at radius 1 is 1.22 bits per heavy atom. The Hall–Kier alpha value is -2.94. The molecule has 2 aliphatic heterocycles. The fourth-order valence-corrected chi connectivity index (χ4v) is 6.05. The molecule has 1 fully saturated rings. The van der Waals surface area contributed by atoms with Crippen LogP contribution in [0.1, 0.15) is 67.7 Å². The molecule has 0 radical (unpaired) electrons. The molecule has 36 heavy (non-hydrogen) atoms. The lowest BCUT2D eigenvalue weighted by molar-refractivity contribution is 0.0347. The molecule has 9 heteroatoms. The van der Waals surface area contributed by atoms with Crippen LogP contribution in [0.4, 0.5) is 4.79 Å². The third kappa shape index (κ3) is 4.38. The van der Waals surface area contributed by atoms with E-state index in [1.54, 1.807) is 17.9 Å². The number of fused-ring (bicyclic) bond motifs is 1. The van der Waals surface area contributed by atoms with Gasteiger partial charge in [-0.15, -0.1) is 0 Å². The van der Waals surface area contributed by atoms with E-state index in [4.69, 9.17) is 4.74 Å². The van der Waals surface area contributed by atoms with Gasteiger partial charge in [0, 0.05) is 18.7 Å². The van der Waals surface area contributed by atoms with Gasteiger partial charge in [-0.2, -0.15) is 0 Å². The number of Topliss-reactive ketones (excluding diaryl/α,β-unsaturated/α-hetero) is 1. The predicted molar refractivity (Wildman–Crippen MR) is 137 cm³/mol. The first kappa shape index (κ1) is 26.1. The number of benzene rings is 1. The van der Waals surface area contributed by atoms with E-state index in [1.807, 2.05) is 19.1 Å². The van der Waals surface area contributed by atoms with Gasteiger partial charge in [0.2, 0.25) is 5.78 Å². The molecule has 2 atom stereocenters. The van der Waals surface area contributed by atoms with E-state index in [-0.39, 0.29) is 53.3 Å². The molecular weight excluding hydrogens is 478 g/mol. The minimum absolute atomic E-state index is 0.00133. The lowest BCUT2D eigenvalue weighted by atomic mass is 9.78. The Kier molecular flexibility index (Phi) is 6.90. The van der Waals surface area contributed by atoms with Crippen LogP contribution in [0.5, 0.6) is 5.75 Å². The van der Waals surface area contributed by atoms with Gasteiger partial charge in [-0.25, -0.2) is 13.2 Å². The number of rotatable bonds is 6. The van der Waals surface area contributed by atoms with Gasteiger partial charge in [-0.05, 0) is 42.0 Å². The van der Waals surface area contributed by atoms with Gasteiger partial charge in [0.05, 0.1) is 35.0 Å². The molecule has 1 spiro atoms. The second-order valence-corrected chi connectivity index (χ2v) is 12.7. The molecule has 8 nitrogen and oxygen atoms in total. The summed E-state index contributed by atoms with van der Waals surface area (Å²) in [5.41, 5.74) is 1.98. The highest BCUT2D eigenvalue weighted by atomic mass is 32.2. The minimum Gasteiger partial charge on any atom is -0.476 e. The molecule has 1 saturated heterocycles. The summed E-state index contributed by atoms with van der Waals surface area (Å²) in [5.74, 6) is 0.793. The standard InChI is InChI=1S/C27H35N3O5S/c1-7-36(33,34)20-10-9-19(28-13-20)12-29-26(32)30-14-22(17(4)5)27(15-30)25(31)23-18(6)8-11-21(16(2)3)24(23)35-27/h8-11,13,16-17,22H,7,12,14-15H2,1-6H3,(H,29,32). The van der Waals surface area contributed by atoms with Crippen LogP contribution in [0.15, 0.2) is 35.4 Å². The summed E-state index contributed by atoms with van der Waals surface area (Å²) in [6.45, 7) is 12.5. The fraction of sp³-hybridized carbons (Fsp3) is 0.519. The van der Waals surface area contributed by atoms with Crippen LogP contribution >= 0.6 is 0 Å². The van der Waals surface area contributed by atoms with Gasteiger partial charge < -0.3 is 15.0 Å². The topological polar surface area (TPSA) is 106 Å². The Bertz CT molecular complexity index is 1290. The number of ketones is 1. The second kappa shape index (κ2) is 9.50. The highest BCUT2D eigenvalue weighted by Crippen LogP contribution is 2.49. The van der Waals surface area contributed by atoms with Gasteiger partial charge >= 0.3 is 6.03 Å². The van der Waals surface area contributed by atoms with Crippen molar-refractivity contribution in [1.29, 1.82) is 0 Å². The maximum absolute atomic E-state index is 13.9. The van der Waals surface area contributed by atoms with Crippen LogP contribution in [0.25, 0.3) is 0 Å². The van der Waals surface area contributed by atoms with Gasteiger partial charge in [0.1, 0.15) is 5.75 Å². The number of nitrogens with zero attached hydrogens (tertiary/aromatic N) is 2. The maximum atomic E-state index is 13.9. The Labute approximate surface area is 213 Å². The van der Waals surface area contributed by atoms with Crippen molar-refractivity contribution in [3.8, 4) is 5.75 Å². The minimum atomic E-state index is -3.33. The fourth-order valence-electron chi connectivity index (χ4n) is 5.23. The van der Waals surface area contributed by atoms with Crippen molar-refractivity contribution in [3.63, 3.8) is 0 Å². The van der Waals surface area contributed by atoms with E-state index < -0.39 is 15.4 Å². The number of ether oxygens (including phenoxy) is 1. The van der Waals surface area contributed by atoms with Gasteiger partial charge in [-0.3, -0.25) is 9.78 Å². The van der Waals surface area contributed by atoms with Crippen molar-refractivity contribution in [2.75, 3.05) is 18.8 Å². The summed E-state index contributed by atoms with van der Waals surface area (Å²) in [7, 11) is -3.33. The van der Waals surface area contributed by atoms with E-state index in [1.165, 1.54) is 12.3 Å². The lowest BCUT2D eigenvalue weighted by Gasteiger charge is -2.30. The van der Waals surface area contributed by atoms with Crippen LogP contribution in [0, 0.1) is 18.8 Å². The number of amides is 2. The van der Waals surface area contributed by atoms with Gasteiger partial charge in [0.15, 0.2) is 15.4 Å². The van der Waals surface area contributed by atoms with Crippen molar-refractivity contribution < 1.29 is 22.7 Å². The molecule has 1 aromatic heterocycles. The molecule has 1 aromatic carbocycles. The molecule has 0 bridgehead atoms. The van der Waals surface area contributed by atoms with Crippen LogP contribution in [0.2, 0.25) is 0 Å². The average molecular weight is 514 g/mol. The van der Waals surface area contributed by atoms with Crippen LogP contribution in [-0.2, 0) is 16.4 Å². The summed E-state index contributed by atoms with van der Waals surface area (Å²) in [4.78, 5) is 33.0. The summed E-state index contributed by atoms with van der Waals surface area (Å²) in [6, 6.07) is 6.80. The first-order valence-corrected chi connectivity index (χ1v) is 14.1. The van der Waals surface area contributed by atoms with Crippen molar-refractivity contribution >= 4 is 21.7 Å². The lowest BCUT2D eigenvalue weighted by Crippen LogP contribution is -2.50. The zero-order chi connectivity index (χ0) is 26.4. The molecule has 2 unspecified atom stereocenters. The number of hydrogen-bond donors (Lipinski definition) is 1. The molecule has 3 heterocycles. The summed E-state index contributed by atoms with van der Waals surface area (Å²) in [5, 5.41) is 2.86. The van der Waals surface area contributed by atoms with Crippen LogP contribution in [0.3, 0.4) is 0 Å². The molecule has 0 aliphatic carbocycles. The predicted octanol–water partition coefficient (Wildman–Crippen LogP) is 4.12. The van der Waals surface area contributed by atoms with E-state index in [0.717, 1.165) is 11.1 Å². The number of likely N-dealkylation sites (tertiary alicyclic amines) is 1. The monoisotopic (exact) mass is 513 g/mol. The average Bonchev–Trinajstić information content (AvgIpc) is 3.36. The smallest absolute Gasteiger partial charge is 0.317 e. The first-order chi connectivity index (χ1) is 16.9. The number of pyridine rings is 1. The van der Waals surface area contributed by atoms with Crippen molar-refractivity contribution in [1.82, 2.24) is 15.2 Å². The summed E-state index contributed by atoms with van der Waals surface area (Å²) >= 11 is 0. The normalized spacial score (nSPS) is 21.4. The number of sulfone groups is 1. The number of urea groups is 1. The third-order valence-electron chi connectivity index (χ3n) is 7.41. The zero-order valence-electron chi connectivity index (χ0n) is 21.8. The molecule has 4 rings (SSSR count). The highest BCUT2D eigenvalue weighted by molar-refractivity contribution is 7.91. The SMILES string of the molecule is CCS(=O)(=O)c1ccc(CNC(=O)N2CC(C(C)C)C3(C2)Oc2c(C(C)C)ccc(C)c2C3=O)nc1. The number of aryl methyl sites for hydroxylation is 1. The number of carbonyl (C=O) groups is 2.